The summed E-state index contributed by atoms with van der Waals surface area (Å²) in [5.41, 5.74) is 16.1. The van der Waals surface area contributed by atoms with Gasteiger partial charge in [-0.3, -0.25) is 14.5 Å². The van der Waals surface area contributed by atoms with Gasteiger partial charge in [-0.05, 0) is 19.1 Å². The molecule has 18 heavy (non-hydrogen) atoms. The molecule has 0 aromatic carbocycles. The Labute approximate surface area is 110 Å². The molecular formula is C11H18N4O2S. The van der Waals surface area contributed by atoms with Crippen molar-refractivity contribution >= 4 is 23.2 Å². The van der Waals surface area contributed by atoms with Crippen molar-refractivity contribution in [3.05, 3.63) is 21.9 Å². The molecule has 0 aliphatic rings. The fourth-order valence-electron chi connectivity index (χ4n) is 1.75. The predicted molar refractivity (Wildman–Crippen MR) is 70.8 cm³/mol. The van der Waals surface area contributed by atoms with E-state index in [1.807, 2.05) is 19.1 Å². The molecule has 0 saturated carbocycles. The lowest BCUT2D eigenvalue weighted by molar-refractivity contribution is -0.122. The summed E-state index contributed by atoms with van der Waals surface area (Å²) in [6.07, 6.45) is 0. The molecule has 1 heterocycles. The maximum absolute atomic E-state index is 11.0. The number of hydrogen-bond acceptors (Lipinski definition) is 5. The average Bonchev–Trinajstić information content (AvgIpc) is 2.64. The van der Waals surface area contributed by atoms with Crippen molar-refractivity contribution in [1.82, 2.24) is 4.90 Å². The quantitative estimate of drug-likeness (QED) is 0.609. The average molecular weight is 270 g/mol. The molecule has 1 atom stereocenters. The van der Waals surface area contributed by atoms with E-state index in [9.17, 15) is 9.59 Å². The summed E-state index contributed by atoms with van der Waals surface area (Å²) in [5.74, 6) is -1.02. The van der Waals surface area contributed by atoms with Gasteiger partial charge >= 0.3 is 0 Å². The monoisotopic (exact) mass is 270 g/mol. The Morgan fingerprint density at radius 3 is 2.17 bits per heavy atom. The van der Waals surface area contributed by atoms with E-state index in [1.165, 1.54) is 0 Å². The molecule has 0 spiro atoms. The van der Waals surface area contributed by atoms with Crippen LogP contribution in [0.4, 0.5) is 0 Å². The van der Waals surface area contributed by atoms with Crippen LogP contribution in [0.15, 0.2) is 12.1 Å². The number of hydrogen-bond donors (Lipinski definition) is 3. The topological polar surface area (TPSA) is 115 Å². The fourth-order valence-corrected chi connectivity index (χ4v) is 2.78. The summed E-state index contributed by atoms with van der Waals surface area (Å²) in [6.45, 7) is 2.19. The zero-order valence-corrected chi connectivity index (χ0v) is 11.1. The van der Waals surface area contributed by atoms with Gasteiger partial charge in [-0.2, -0.15) is 0 Å². The molecule has 1 aromatic rings. The first-order valence-electron chi connectivity index (χ1n) is 5.51. The van der Waals surface area contributed by atoms with E-state index >= 15 is 0 Å². The van der Waals surface area contributed by atoms with Gasteiger partial charge in [-0.15, -0.1) is 11.3 Å². The van der Waals surface area contributed by atoms with Crippen molar-refractivity contribution in [3.63, 3.8) is 0 Å². The molecule has 0 saturated heterocycles. The minimum atomic E-state index is -0.511. The number of carbonyl (C=O) groups is 2. The van der Waals surface area contributed by atoms with Crippen molar-refractivity contribution in [2.75, 3.05) is 19.6 Å². The van der Waals surface area contributed by atoms with Gasteiger partial charge in [0.2, 0.25) is 11.8 Å². The number of thiophene rings is 1. The largest absolute Gasteiger partial charge is 0.369 e. The molecular weight excluding hydrogens is 252 g/mol. The summed E-state index contributed by atoms with van der Waals surface area (Å²) in [7, 11) is 0. The third kappa shape index (κ3) is 4.10. The number of rotatable bonds is 7. The maximum atomic E-state index is 11.0. The lowest BCUT2D eigenvalue weighted by atomic mass is 10.2. The minimum absolute atomic E-state index is 0.0399. The van der Waals surface area contributed by atoms with Crippen LogP contribution in [0.3, 0.4) is 0 Å². The minimum Gasteiger partial charge on any atom is -0.369 e. The summed E-state index contributed by atoms with van der Waals surface area (Å²) in [6, 6.07) is 3.69. The van der Waals surface area contributed by atoms with Crippen molar-refractivity contribution in [2.24, 2.45) is 17.2 Å². The molecule has 100 valence electrons. The molecule has 6 nitrogen and oxygen atoms in total. The van der Waals surface area contributed by atoms with E-state index in [2.05, 4.69) is 0 Å². The van der Waals surface area contributed by atoms with Gasteiger partial charge in [0.25, 0.3) is 0 Å². The summed E-state index contributed by atoms with van der Waals surface area (Å²) in [4.78, 5) is 25.8. The second kappa shape index (κ2) is 6.48. The van der Waals surface area contributed by atoms with Crippen LogP contribution in [0.5, 0.6) is 0 Å². The van der Waals surface area contributed by atoms with E-state index in [0.29, 0.717) is 6.54 Å². The molecule has 0 aliphatic heterocycles. The number of primary amides is 2. The molecule has 0 fully saturated rings. The summed E-state index contributed by atoms with van der Waals surface area (Å²) in [5, 5.41) is 0. The number of nitrogens with two attached hydrogens (primary N) is 3. The standard InChI is InChI=1S/C11H18N4O2S/c1-7-2-3-9(18-7)8(4-12)15(5-10(13)16)6-11(14)17/h2-3,8H,4-6,12H2,1H3,(H2,13,16)(H2,14,17). The smallest absolute Gasteiger partial charge is 0.231 e. The molecule has 2 amide bonds. The normalized spacial score (nSPS) is 12.6. The van der Waals surface area contributed by atoms with Crippen molar-refractivity contribution < 1.29 is 9.59 Å². The number of amides is 2. The van der Waals surface area contributed by atoms with E-state index < -0.39 is 11.8 Å². The van der Waals surface area contributed by atoms with E-state index in [1.54, 1.807) is 16.2 Å². The van der Waals surface area contributed by atoms with Gasteiger partial charge in [-0.25, -0.2) is 0 Å². The van der Waals surface area contributed by atoms with Gasteiger partial charge in [0.15, 0.2) is 0 Å². The van der Waals surface area contributed by atoms with Crippen LogP contribution >= 0.6 is 11.3 Å². The Bertz CT molecular complexity index is 416. The zero-order chi connectivity index (χ0) is 13.7. The Kier molecular flexibility index (Phi) is 5.26. The number of aryl methyl sites for hydroxylation is 1. The van der Waals surface area contributed by atoms with Crippen molar-refractivity contribution in [2.45, 2.75) is 13.0 Å². The maximum Gasteiger partial charge on any atom is 0.231 e. The Morgan fingerprint density at radius 2 is 1.83 bits per heavy atom. The van der Waals surface area contributed by atoms with Crippen molar-refractivity contribution in [1.29, 1.82) is 0 Å². The summed E-state index contributed by atoms with van der Waals surface area (Å²) < 4.78 is 0. The predicted octanol–water partition coefficient (Wildman–Crippen LogP) is -0.671. The molecule has 6 N–H and O–H groups in total. The van der Waals surface area contributed by atoms with Crippen LogP contribution < -0.4 is 17.2 Å². The fraction of sp³-hybridized carbons (Fsp3) is 0.455. The first kappa shape index (κ1) is 14.6. The molecule has 1 aromatic heterocycles. The Hall–Kier alpha value is -1.44. The number of nitrogens with zero attached hydrogens (tertiary/aromatic N) is 1. The third-order valence-electron chi connectivity index (χ3n) is 2.47. The molecule has 1 unspecified atom stereocenters. The van der Waals surface area contributed by atoms with Crippen LogP contribution in [0.2, 0.25) is 0 Å². The van der Waals surface area contributed by atoms with Gasteiger partial charge in [0.05, 0.1) is 19.1 Å². The van der Waals surface area contributed by atoms with Crippen LogP contribution in [0.1, 0.15) is 15.8 Å². The highest BCUT2D eigenvalue weighted by Gasteiger charge is 2.23. The second-order valence-corrected chi connectivity index (χ2v) is 5.36. The molecule has 7 heteroatoms. The van der Waals surface area contributed by atoms with Crippen molar-refractivity contribution in [3.8, 4) is 0 Å². The zero-order valence-electron chi connectivity index (χ0n) is 10.3. The highest BCUT2D eigenvalue weighted by molar-refractivity contribution is 7.12. The van der Waals surface area contributed by atoms with E-state index in [-0.39, 0.29) is 19.1 Å². The van der Waals surface area contributed by atoms with Gasteiger partial charge in [0.1, 0.15) is 0 Å². The first-order chi connectivity index (χ1) is 8.43. The molecule has 0 bridgehead atoms. The van der Waals surface area contributed by atoms with Crippen LogP contribution in [0, 0.1) is 6.92 Å². The van der Waals surface area contributed by atoms with Gasteiger partial charge in [0, 0.05) is 16.3 Å². The Morgan fingerprint density at radius 1 is 1.28 bits per heavy atom. The molecule has 0 aliphatic carbocycles. The highest BCUT2D eigenvalue weighted by Crippen LogP contribution is 2.26. The molecule has 0 radical (unpaired) electrons. The lowest BCUT2D eigenvalue weighted by Gasteiger charge is -2.27. The van der Waals surface area contributed by atoms with E-state index in [4.69, 9.17) is 17.2 Å². The lowest BCUT2D eigenvalue weighted by Crippen LogP contribution is -2.43. The van der Waals surface area contributed by atoms with E-state index in [0.717, 1.165) is 9.75 Å². The van der Waals surface area contributed by atoms with Crippen LogP contribution in [0.25, 0.3) is 0 Å². The van der Waals surface area contributed by atoms with Crippen LogP contribution in [-0.4, -0.2) is 36.3 Å². The van der Waals surface area contributed by atoms with Gasteiger partial charge < -0.3 is 17.2 Å². The first-order valence-corrected chi connectivity index (χ1v) is 6.32. The molecule has 1 rings (SSSR count). The third-order valence-corrected chi connectivity index (χ3v) is 3.57. The second-order valence-electron chi connectivity index (χ2n) is 4.04. The van der Waals surface area contributed by atoms with Crippen LogP contribution in [-0.2, 0) is 9.59 Å². The SMILES string of the molecule is Cc1ccc(C(CN)N(CC(N)=O)CC(N)=O)s1. The number of carbonyl (C=O) groups excluding carboxylic acids is 2. The highest BCUT2D eigenvalue weighted by atomic mass is 32.1. The van der Waals surface area contributed by atoms with Gasteiger partial charge in [-0.1, -0.05) is 0 Å². The Balaban J connectivity index is 2.91. The summed E-state index contributed by atoms with van der Waals surface area (Å²) >= 11 is 1.58.